The lowest BCUT2D eigenvalue weighted by atomic mass is 10.1. The number of amides is 2. The van der Waals surface area contributed by atoms with Gasteiger partial charge >= 0.3 is 0 Å². The van der Waals surface area contributed by atoms with Crippen molar-refractivity contribution in [2.75, 3.05) is 36.7 Å². The van der Waals surface area contributed by atoms with Crippen molar-refractivity contribution in [2.24, 2.45) is 0 Å². The van der Waals surface area contributed by atoms with Crippen molar-refractivity contribution in [3.05, 3.63) is 59.8 Å². The number of pyridine rings is 1. The van der Waals surface area contributed by atoms with E-state index in [0.29, 0.717) is 18.0 Å². The molecule has 2 aromatic heterocycles. The predicted molar refractivity (Wildman–Crippen MR) is 120 cm³/mol. The minimum atomic E-state index is -0.700. The van der Waals surface area contributed by atoms with Gasteiger partial charge in [0.25, 0.3) is 5.91 Å². The number of nitrogens with zero attached hydrogens (tertiary/aromatic N) is 5. The second-order valence-corrected chi connectivity index (χ2v) is 8.47. The van der Waals surface area contributed by atoms with E-state index < -0.39 is 11.9 Å². The maximum absolute atomic E-state index is 13.0. The molecule has 2 N–H and O–H groups in total. The average Bonchev–Trinajstić information content (AvgIpc) is 3.20. The molecule has 0 fully saturated rings. The van der Waals surface area contributed by atoms with E-state index in [4.69, 9.17) is 0 Å². The molecule has 0 aliphatic carbocycles. The van der Waals surface area contributed by atoms with Gasteiger partial charge in [-0.05, 0) is 11.6 Å². The fourth-order valence-corrected chi connectivity index (χ4v) is 4.32. The van der Waals surface area contributed by atoms with Gasteiger partial charge in [-0.2, -0.15) is 0 Å². The van der Waals surface area contributed by atoms with Crippen molar-refractivity contribution in [3.8, 4) is 0 Å². The number of thioether (sulfide) groups is 1. The number of hydrogen-bond donors (Lipinski definition) is 2. The van der Waals surface area contributed by atoms with Crippen LogP contribution < -0.4 is 15.1 Å². The van der Waals surface area contributed by atoms with Gasteiger partial charge < -0.3 is 15.1 Å². The van der Waals surface area contributed by atoms with Crippen LogP contribution in [0.5, 0.6) is 0 Å². The standard InChI is InChI=1S/C21H23N7O2S/c1-27(2)18-10-16-15(11-22-18)28(3)21(30)14(12-31-16)23-20(29)19-24-17(25-26-19)9-13-7-5-4-6-8-13/h4-8,10-11,14H,9,12H2,1-3H3,(H,23,29)(H,24,25,26)/t14-/m0/s1. The maximum atomic E-state index is 13.0. The van der Waals surface area contributed by atoms with Crippen LogP contribution in [-0.4, -0.2) is 64.9 Å². The number of likely N-dealkylation sites (N-methyl/N-ethyl adjacent to an activating group) is 1. The van der Waals surface area contributed by atoms with Crippen LogP contribution in [0, 0.1) is 0 Å². The Bertz CT molecular complexity index is 1100. The molecule has 1 aliphatic rings. The van der Waals surface area contributed by atoms with Crippen LogP contribution in [0.2, 0.25) is 0 Å². The lowest BCUT2D eigenvalue weighted by Crippen LogP contribution is -2.48. The highest BCUT2D eigenvalue weighted by Gasteiger charge is 2.31. The molecule has 4 rings (SSSR count). The van der Waals surface area contributed by atoms with Crippen LogP contribution in [0.15, 0.2) is 47.5 Å². The number of aromatic amines is 1. The van der Waals surface area contributed by atoms with E-state index in [1.807, 2.05) is 55.4 Å². The smallest absolute Gasteiger partial charge is 0.291 e. The van der Waals surface area contributed by atoms with Crippen molar-refractivity contribution in [1.29, 1.82) is 0 Å². The van der Waals surface area contributed by atoms with E-state index in [0.717, 1.165) is 22.0 Å². The number of anilines is 2. The Morgan fingerprint density at radius 3 is 2.84 bits per heavy atom. The summed E-state index contributed by atoms with van der Waals surface area (Å²) in [4.78, 5) is 38.7. The normalized spacial score (nSPS) is 15.9. The van der Waals surface area contributed by atoms with Gasteiger partial charge in [0.1, 0.15) is 17.7 Å². The van der Waals surface area contributed by atoms with Crippen molar-refractivity contribution in [2.45, 2.75) is 17.4 Å². The predicted octanol–water partition coefficient (Wildman–Crippen LogP) is 1.72. The van der Waals surface area contributed by atoms with Gasteiger partial charge in [-0.25, -0.2) is 9.97 Å². The van der Waals surface area contributed by atoms with E-state index in [2.05, 4.69) is 25.5 Å². The Balaban J connectivity index is 1.46. The molecule has 2 amide bonds. The highest BCUT2D eigenvalue weighted by molar-refractivity contribution is 7.99. The van der Waals surface area contributed by atoms with E-state index in [1.54, 1.807) is 13.2 Å². The van der Waals surface area contributed by atoms with Gasteiger partial charge in [0.05, 0.1) is 11.9 Å². The molecule has 0 unspecified atom stereocenters. The van der Waals surface area contributed by atoms with Crippen LogP contribution in [0.4, 0.5) is 11.5 Å². The summed E-state index contributed by atoms with van der Waals surface area (Å²) in [5.74, 6) is 1.12. The lowest BCUT2D eigenvalue weighted by molar-refractivity contribution is -0.119. The van der Waals surface area contributed by atoms with Crippen molar-refractivity contribution < 1.29 is 9.59 Å². The molecule has 0 saturated carbocycles. The Labute approximate surface area is 184 Å². The second kappa shape index (κ2) is 8.76. The summed E-state index contributed by atoms with van der Waals surface area (Å²) in [6.45, 7) is 0. The summed E-state index contributed by atoms with van der Waals surface area (Å²) in [7, 11) is 5.52. The third-order valence-electron chi connectivity index (χ3n) is 4.94. The third kappa shape index (κ3) is 4.53. The van der Waals surface area contributed by atoms with Crippen LogP contribution in [0.3, 0.4) is 0 Å². The third-order valence-corrected chi connectivity index (χ3v) is 6.08. The molecule has 31 heavy (non-hydrogen) atoms. The summed E-state index contributed by atoms with van der Waals surface area (Å²) < 4.78 is 0. The Kier molecular flexibility index (Phi) is 5.90. The van der Waals surface area contributed by atoms with Gasteiger partial charge in [-0.1, -0.05) is 30.3 Å². The van der Waals surface area contributed by atoms with E-state index >= 15 is 0 Å². The monoisotopic (exact) mass is 437 g/mol. The van der Waals surface area contributed by atoms with Gasteiger partial charge in [-0.3, -0.25) is 14.7 Å². The molecular formula is C21H23N7O2S. The van der Waals surface area contributed by atoms with Crippen molar-refractivity contribution in [3.63, 3.8) is 0 Å². The number of H-pyrrole nitrogens is 1. The first-order chi connectivity index (χ1) is 14.9. The van der Waals surface area contributed by atoms with Crippen LogP contribution >= 0.6 is 11.8 Å². The zero-order valence-electron chi connectivity index (χ0n) is 17.5. The highest BCUT2D eigenvalue weighted by Crippen LogP contribution is 2.35. The largest absolute Gasteiger partial charge is 0.363 e. The zero-order chi connectivity index (χ0) is 22.0. The minimum absolute atomic E-state index is 0.0182. The molecule has 160 valence electrons. The number of aromatic nitrogens is 4. The topological polar surface area (TPSA) is 107 Å². The Hall–Kier alpha value is -3.40. The minimum Gasteiger partial charge on any atom is -0.363 e. The molecule has 10 heteroatoms. The summed E-state index contributed by atoms with van der Waals surface area (Å²) in [6, 6.07) is 11.0. The molecule has 1 aliphatic heterocycles. The summed E-state index contributed by atoms with van der Waals surface area (Å²) in [5, 5.41) is 9.60. The molecule has 9 nitrogen and oxygen atoms in total. The number of carbonyl (C=O) groups excluding carboxylic acids is 2. The first-order valence-electron chi connectivity index (χ1n) is 9.76. The molecular weight excluding hydrogens is 414 g/mol. The molecule has 1 aromatic carbocycles. The van der Waals surface area contributed by atoms with Gasteiger partial charge in [-0.15, -0.1) is 16.9 Å². The molecule has 0 spiro atoms. The van der Waals surface area contributed by atoms with E-state index in [9.17, 15) is 9.59 Å². The second-order valence-electron chi connectivity index (χ2n) is 7.41. The number of benzene rings is 1. The van der Waals surface area contributed by atoms with Gasteiger partial charge in [0.2, 0.25) is 11.7 Å². The molecule has 1 atom stereocenters. The Morgan fingerprint density at radius 1 is 1.32 bits per heavy atom. The van der Waals surface area contributed by atoms with Crippen molar-refractivity contribution in [1.82, 2.24) is 25.5 Å². The van der Waals surface area contributed by atoms with Gasteiger partial charge in [0.15, 0.2) is 0 Å². The van der Waals surface area contributed by atoms with Crippen LogP contribution in [-0.2, 0) is 11.2 Å². The summed E-state index contributed by atoms with van der Waals surface area (Å²) in [6.07, 6.45) is 2.23. The lowest BCUT2D eigenvalue weighted by Gasteiger charge is -2.21. The molecule has 3 aromatic rings. The van der Waals surface area contributed by atoms with E-state index in [1.165, 1.54) is 16.7 Å². The molecule has 0 radical (unpaired) electrons. The van der Waals surface area contributed by atoms with E-state index in [-0.39, 0.29) is 11.7 Å². The molecule has 0 saturated heterocycles. The first-order valence-corrected chi connectivity index (χ1v) is 10.7. The van der Waals surface area contributed by atoms with Gasteiger partial charge in [0, 0.05) is 38.2 Å². The van der Waals surface area contributed by atoms with Crippen molar-refractivity contribution >= 4 is 35.1 Å². The van der Waals surface area contributed by atoms with Crippen LogP contribution in [0.1, 0.15) is 22.0 Å². The molecule has 0 bridgehead atoms. The first kappa shape index (κ1) is 20.9. The highest BCUT2D eigenvalue weighted by atomic mass is 32.2. The Morgan fingerprint density at radius 2 is 2.10 bits per heavy atom. The quantitative estimate of drug-likeness (QED) is 0.626. The number of rotatable bonds is 5. The molecule has 3 heterocycles. The number of nitrogens with one attached hydrogen (secondary N) is 2. The fraction of sp³-hybridized carbons (Fsp3) is 0.286. The summed E-state index contributed by atoms with van der Waals surface area (Å²) in [5.41, 5.74) is 1.78. The summed E-state index contributed by atoms with van der Waals surface area (Å²) >= 11 is 1.51. The maximum Gasteiger partial charge on any atom is 0.291 e. The fourth-order valence-electron chi connectivity index (χ4n) is 3.22. The number of hydrogen-bond acceptors (Lipinski definition) is 7. The SMILES string of the molecule is CN(C)c1cc2c(cn1)N(C)C(=O)[C@@H](NC(=O)c1n[nH]c(Cc3ccccc3)n1)CS2. The number of fused-ring (bicyclic) bond motifs is 1. The number of carbonyl (C=O) groups is 2. The van der Waals surface area contributed by atoms with Crippen LogP contribution in [0.25, 0.3) is 0 Å². The zero-order valence-corrected chi connectivity index (χ0v) is 18.3. The average molecular weight is 438 g/mol.